The predicted octanol–water partition coefficient (Wildman–Crippen LogP) is 0.904. The number of hydrogen-bond acceptors (Lipinski definition) is 4. The van der Waals surface area contributed by atoms with Gasteiger partial charge >= 0.3 is 6.03 Å². The number of imide groups is 1. The molecule has 0 bridgehead atoms. The lowest BCUT2D eigenvalue weighted by Gasteiger charge is -2.15. The van der Waals surface area contributed by atoms with Crippen LogP contribution in [0.4, 0.5) is 4.79 Å². The van der Waals surface area contributed by atoms with E-state index in [4.69, 9.17) is 15.6 Å². The zero-order chi connectivity index (χ0) is 13.7. The Labute approximate surface area is 112 Å². The fourth-order valence-corrected chi connectivity index (χ4v) is 1.66. The Hall–Kier alpha value is -1.60. The Morgan fingerprint density at radius 1 is 1.56 bits per heavy atom. The van der Waals surface area contributed by atoms with Gasteiger partial charge in [0, 0.05) is 10.0 Å². The summed E-state index contributed by atoms with van der Waals surface area (Å²) in [5, 5.41) is 11.1. The van der Waals surface area contributed by atoms with Gasteiger partial charge in [-0.1, -0.05) is 15.9 Å². The van der Waals surface area contributed by atoms with E-state index in [-0.39, 0.29) is 6.61 Å². The standard InChI is InChI=1S/C11H13BrN2O4/c1-6(10(16)14-11(13)17)18-9-3-2-8(12)4-7(9)5-15/h2-4,6,15H,5H2,1H3,(H3,13,14,16,17). The summed E-state index contributed by atoms with van der Waals surface area (Å²) in [7, 11) is 0. The van der Waals surface area contributed by atoms with Gasteiger partial charge in [-0.15, -0.1) is 0 Å². The second-order valence-corrected chi connectivity index (χ2v) is 4.44. The largest absolute Gasteiger partial charge is 0.481 e. The molecule has 1 rings (SSSR count). The maximum atomic E-state index is 11.4. The highest BCUT2D eigenvalue weighted by molar-refractivity contribution is 9.10. The molecule has 0 aliphatic carbocycles. The average molecular weight is 317 g/mol. The first-order valence-corrected chi connectivity index (χ1v) is 5.89. The van der Waals surface area contributed by atoms with Crippen molar-refractivity contribution in [3.8, 4) is 5.75 Å². The van der Waals surface area contributed by atoms with Crippen molar-refractivity contribution in [2.75, 3.05) is 0 Å². The fourth-order valence-electron chi connectivity index (χ4n) is 1.25. The number of urea groups is 1. The van der Waals surface area contributed by atoms with Crippen molar-refractivity contribution in [3.05, 3.63) is 28.2 Å². The highest BCUT2D eigenvalue weighted by atomic mass is 79.9. The lowest BCUT2D eigenvalue weighted by Crippen LogP contribution is -2.42. The van der Waals surface area contributed by atoms with Crippen molar-refractivity contribution < 1.29 is 19.4 Å². The summed E-state index contributed by atoms with van der Waals surface area (Å²) in [6.07, 6.45) is -0.899. The van der Waals surface area contributed by atoms with Crippen molar-refractivity contribution in [3.63, 3.8) is 0 Å². The first kappa shape index (κ1) is 14.5. The molecule has 7 heteroatoms. The number of benzene rings is 1. The SMILES string of the molecule is CC(Oc1ccc(Br)cc1CO)C(=O)NC(N)=O. The van der Waals surface area contributed by atoms with Crippen molar-refractivity contribution in [1.82, 2.24) is 5.32 Å². The number of amides is 3. The molecule has 3 amide bonds. The van der Waals surface area contributed by atoms with Crippen LogP contribution in [0.3, 0.4) is 0 Å². The van der Waals surface area contributed by atoms with Crippen LogP contribution >= 0.6 is 15.9 Å². The van der Waals surface area contributed by atoms with Gasteiger partial charge in [-0.3, -0.25) is 10.1 Å². The summed E-state index contributed by atoms with van der Waals surface area (Å²) in [6, 6.07) is 4.07. The third-order valence-corrected chi connectivity index (χ3v) is 2.61. The molecule has 1 aromatic rings. The summed E-state index contributed by atoms with van der Waals surface area (Å²) in [6.45, 7) is 1.25. The molecule has 0 spiro atoms. The molecule has 4 N–H and O–H groups in total. The van der Waals surface area contributed by atoms with E-state index in [1.165, 1.54) is 6.92 Å². The van der Waals surface area contributed by atoms with Crippen LogP contribution in [0.15, 0.2) is 22.7 Å². The van der Waals surface area contributed by atoms with E-state index in [1.54, 1.807) is 18.2 Å². The molecular formula is C11H13BrN2O4. The zero-order valence-electron chi connectivity index (χ0n) is 9.64. The number of nitrogens with one attached hydrogen (secondary N) is 1. The molecule has 1 aromatic carbocycles. The van der Waals surface area contributed by atoms with Gasteiger partial charge in [0.15, 0.2) is 6.10 Å². The molecule has 0 saturated heterocycles. The number of halogens is 1. The normalized spacial score (nSPS) is 11.7. The van der Waals surface area contributed by atoms with Crippen LogP contribution < -0.4 is 15.8 Å². The maximum Gasteiger partial charge on any atom is 0.318 e. The first-order chi connectivity index (χ1) is 8.43. The molecular weight excluding hydrogens is 304 g/mol. The minimum absolute atomic E-state index is 0.223. The molecule has 0 aliphatic heterocycles. The number of aliphatic hydroxyl groups excluding tert-OH is 1. The molecule has 0 aromatic heterocycles. The van der Waals surface area contributed by atoms with Gasteiger partial charge in [0.25, 0.3) is 5.91 Å². The van der Waals surface area contributed by atoms with E-state index in [1.807, 2.05) is 5.32 Å². The first-order valence-electron chi connectivity index (χ1n) is 5.10. The number of rotatable bonds is 4. The van der Waals surface area contributed by atoms with Crippen LogP contribution in [0.2, 0.25) is 0 Å². The lowest BCUT2D eigenvalue weighted by atomic mass is 10.2. The number of carbonyl (C=O) groups excluding carboxylic acids is 2. The highest BCUT2D eigenvalue weighted by Gasteiger charge is 2.17. The van der Waals surface area contributed by atoms with Crippen LogP contribution in [0.1, 0.15) is 12.5 Å². The van der Waals surface area contributed by atoms with E-state index < -0.39 is 18.0 Å². The Morgan fingerprint density at radius 3 is 2.78 bits per heavy atom. The third-order valence-electron chi connectivity index (χ3n) is 2.11. The van der Waals surface area contributed by atoms with Crippen molar-refractivity contribution in [2.24, 2.45) is 5.73 Å². The molecule has 0 saturated carbocycles. The summed E-state index contributed by atoms with van der Waals surface area (Å²) < 4.78 is 6.14. The van der Waals surface area contributed by atoms with E-state index in [0.717, 1.165) is 4.47 Å². The number of nitrogens with two attached hydrogens (primary N) is 1. The molecule has 6 nitrogen and oxygen atoms in total. The predicted molar refractivity (Wildman–Crippen MR) is 67.9 cm³/mol. The van der Waals surface area contributed by atoms with Gasteiger partial charge in [-0.2, -0.15) is 0 Å². The number of carbonyl (C=O) groups is 2. The Kier molecular flexibility index (Phi) is 5.11. The average Bonchev–Trinajstić information content (AvgIpc) is 2.30. The Bertz CT molecular complexity index is 464. The number of aliphatic hydroxyl groups is 1. The molecule has 1 unspecified atom stereocenters. The highest BCUT2D eigenvalue weighted by Crippen LogP contribution is 2.24. The van der Waals surface area contributed by atoms with Crippen LogP contribution in [0, 0.1) is 0 Å². The second-order valence-electron chi connectivity index (χ2n) is 3.52. The molecule has 1 atom stereocenters. The molecule has 98 valence electrons. The van der Waals surface area contributed by atoms with Crippen molar-refractivity contribution >= 4 is 27.9 Å². The van der Waals surface area contributed by atoms with Crippen molar-refractivity contribution in [1.29, 1.82) is 0 Å². The van der Waals surface area contributed by atoms with E-state index in [0.29, 0.717) is 11.3 Å². The summed E-state index contributed by atoms with van der Waals surface area (Å²) in [4.78, 5) is 21.9. The van der Waals surface area contributed by atoms with Gasteiger partial charge in [-0.25, -0.2) is 4.79 Å². The summed E-state index contributed by atoms with van der Waals surface area (Å²) >= 11 is 3.26. The Morgan fingerprint density at radius 2 is 2.22 bits per heavy atom. The topological polar surface area (TPSA) is 102 Å². The maximum absolute atomic E-state index is 11.4. The van der Waals surface area contributed by atoms with Gasteiger partial charge in [0.05, 0.1) is 6.61 Å². The number of ether oxygens (including phenoxy) is 1. The van der Waals surface area contributed by atoms with E-state index in [2.05, 4.69) is 15.9 Å². The minimum atomic E-state index is -0.936. The van der Waals surface area contributed by atoms with Crippen LogP contribution in [-0.4, -0.2) is 23.1 Å². The second kappa shape index (κ2) is 6.36. The van der Waals surface area contributed by atoms with Gasteiger partial charge in [0.2, 0.25) is 0 Å². The van der Waals surface area contributed by atoms with Gasteiger partial charge < -0.3 is 15.6 Å². The van der Waals surface area contributed by atoms with Gasteiger partial charge in [0.1, 0.15) is 5.75 Å². The molecule has 0 aliphatic rings. The van der Waals surface area contributed by atoms with Crippen LogP contribution in [0.25, 0.3) is 0 Å². The van der Waals surface area contributed by atoms with Crippen LogP contribution in [-0.2, 0) is 11.4 Å². The molecule has 18 heavy (non-hydrogen) atoms. The van der Waals surface area contributed by atoms with Gasteiger partial charge in [-0.05, 0) is 25.1 Å². The number of hydrogen-bond donors (Lipinski definition) is 3. The lowest BCUT2D eigenvalue weighted by molar-refractivity contribution is -0.126. The van der Waals surface area contributed by atoms with Crippen LogP contribution in [0.5, 0.6) is 5.75 Å². The van der Waals surface area contributed by atoms with E-state index in [9.17, 15) is 9.59 Å². The van der Waals surface area contributed by atoms with Crippen molar-refractivity contribution in [2.45, 2.75) is 19.6 Å². The molecule has 0 heterocycles. The smallest absolute Gasteiger partial charge is 0.318 e. The third kappa shape index (κ3) is 4.01. The monoisotopic (exact) mass is 316 g/mol. The molecule has 0 radical (unpaired) electrons. The number of primary amides is 1. The minimum Gasteiger partial charge on any atom is -0.481 e. The van der Waals surface area contributed by atoms with E-state index >= 15 is 0 Å². The zero-order valence-corrected chi connectivity index (χ0v) is 11.2. The summed E-state index contributed by atoms with van der Waals surface area (Å²) in [5.41, 5.74) is 5.36. The quantitative estimate of drug-likeness (QED) is 0.768. The fraction of sp³-hybridized carbons (Fsp3) is 0.273. The molecule has 0 fully saturated rings. The summed E-state index contributed by atoms with van der Waals surface area (Å²) in [5.74, 6) is -0.276. The Balaban J connectivity index is 2.78.